The van der Waals surface area contributed by atoms with E-state index in [1.54, 1.807) is 6.08 Å². The summed E-state index contributed by atoms with van der Waals surface area (Å²) in [4.78, 5) is 14.7. The van der Waals surface area contributed by atoms with Gasteiger partial charge in [-0.25, -0.2) is 4.79 Å². The van der Waals surface area contributed by atoms with Gasteiger partial charge in [-0.1, -0.05) is 164 Å². The zero-order chi connectivity index (χ0) is 36.8. The molecule has 0 saturated carbocycles. The SMILES string of the molecule is C=CCOC(=O)NCc1ccccc1-c1ccc([C@@H]2O[C@H](CN(CCCCCCCC)CCCCCCCC)C[C@H](c3ccc(CO)cc3)O2)cc1. The highest BCUT2D eigenvalue weighted by atomic mass is 16.7. The lowest BCUT2D eigenvalue weighted by Crippen LogP contribution is -2.40. The summed E-state index contributed by atoms with van der Waals surface area (Å²) in [5.41, 5.74) is 6.08. The second-order valence-corrected chi connectivity index (χ2v) is 14.2. The molecule has 52 heavy (non-hydrogen) atoms. The van der Waals surface area contributed by atoms with E-state index in [0.29, 0.717) is 6.54 Å². The van der Waals surface area contributed by atoms with Crippen LogP contribution >= 0.6 is 0 Å². The quantitative estimate of drug-likeness (QED) is 0.0711. The number of unbranched alkanes of at least 4 members (excludes halogenated alkanes) is 10. The summed E-state index contributed by atoms with van der Waals surface area (Å²) in [5.74, 6) is 0. The summed E-state index contributed by atoms with van der Waals surface area (Å²) in [7, 11) is 0. The van der Waals surface area contributed by atoms with Crippen LogP contribution in [-0.4, -0.2) is 48.4 Å². The van der Waals surface area contributed by atoms with Crippen LogP contribution in [0.25, 0.3) is 11.1 Å². The molecule has 1 amide bonds. The molecule has 0 aromatic heterocycles. The molecule has 1 fully saturated rings. The molecule has 1 saturated heterocycles. The van der Waals surface area contributed by atoms with Crippen molar-refractivity contribution in [1.82, 2.24) is 10.2 Å². The largest absolute Gasteiger partial charge is 0.445 e. The highest BCUT2D eigenvalue weighted by Crippen LogP contribution is 2.39. The number of carbonyl (C=O) groups is 1. The van der Waals surface area contributed by atoms with E-state index in [2.05, 4.69) is 73.1 Å². The number of alkyl carbamates (subject to hydrolysis) is 1. The first-order chi connectivity index (χ1) is 25.5. The topological polar surface area (TPSA) is 80.3 Å². The number of aliphatic hydroxyl groups is 1. The zero-order valence-electron chi connectivity index (χ0n) is 31.9. The number of hydrogen-bond donors (Lipinski definition) is 2. The Morgan fingerprint density at radius 2 is 1.44 bits per heavy atom. The summed E-state index contributed by atoms with van der Waals surface area (Å²) in [6.45, 7) is 11.8. The number of hydrogen-bond acceptors (Lipinski definition) is 6. The summed E-state index contributed by atoms with van der Waals surface area (Å²) in [6, 6.07) is 24.6. The number of amides is 1. The van der Waals surface area contributed by atoms with Gasteiger partial charge in [0.2, 0.25) is 0 Å². The van der Waals surface area contributed by atoms with Gasteiger partial charge in [0.1, 0.15) is 6.61 Å². The van der Waals surface area contributed by atoms with Crippen molar-refractivity contribution in [3.8, 4) is 11.1 Å². The minimum atomic E-state index is -0.503. The first kappa shape index (κ1) is 41.3. The van der Waals surface area contributed by atoms with Gasteiger partial charge in [0, 0.05) is 25.1 Å². The zero-order valence-corrected chi connectivity index (χ0v) is 31.9. The molecule has 1 aliphatic heterocycles. The number of nitrogens with zero attached hydrogens (tertiary/aromatic N) is 1. The van der Waals surface area contributed by atoms with Crippen LogP contribution in [0.3, 0.4) is 0 Å². The number of carbonyl (C=O) groups excluding carboxylic acids is 1. The first-order valence-electron chi connectivity index (χ1n) is 20.0. The van der Waals surface area contributed by atoms with Gasteiger partial charge in [-0.15, -0.1) is 0 Å². The average Bonchev–Trinajstić information content (AvgIpc) is 3.18. The van der Waals surface area contributed by atoms with Gasteiger partial charge in [-0.05, 0) is 53.7 Å². The Kier molecular flexibility index (Phi) is 19.0. The van der Waals surface area contributed by atoms with Crippen molar-refractivity contribution in [3.63, 3.8) is 0 Å². The third kappa shape index (κ3) is 14.1. The fourth-order valence-corrected chi connectivity index (χ4v) is 6.98. The Labute approximate surface area is 313 Å². The molecular weight excluding hydrogens is 649 g/mol. The maximum absolute atomic E-state index is 12.1. The van der Waals surface area contributed by atoms with Gasteiger partial charge >= 0.3 is 6.09 Å². The van der Waals surface area contributed by atoms with Crippen molar-refractivity contribution >= 4 is 6.09 Å². The maximum Gasteiger partial charge on any atom is 0.407 e. The molecule has 7 heteroatoms. The number of nitrogens with one attached hydrogen (secondary N) is 1. The van der Waals surface area contributed by atoms with Crippen molar-refractivity contribution in [2.45, 2.75) is 129 Å². The molecule has 3 aromatic rings. The molecule has 7 nitrogen and oxygen atoms in total. The number of ether oxygens (including phenoxy) is 3. The van der Waals surface area contributed by atoms with Crippen LogP contribution < -0.4 is 5.32 Å². The summed E-state index contributed by atoms with van der Waals surface area (Å²) < 4.78 is 18.6. The van der Waals surface area contributed by atoms with Crippen LogP contribution in [0.1, 0.15) is 132 Å². The van der Waals surface area contributed by atoms with E-state index >= 15 is 0 Å². The minimum Gasteiger partial charge on any atom is -0.445 e. The van der Waals surface area contributed by atoms with Crippen LogP contribution in [0.5, 0.6) is 0 Å². The van der Waals surface area contributed by atoms with Gasteiger partial charge in [-0.2, -0.15) is 0 Å². The molecule has 0 unspecified atom stereocenters. The van der Waals surface area contributed by atoms with Crippen LogP contribution in [0.2, 0.25) is 0 Å². The number of rotatable bonds is 24. The third-order valence-corrected chi connectivity index (χ3v) is 10.00. The van der Waals surface area contributed by atoms with Gasteiger partial charge in [0.05, 0.1) is 18.8 Å². The average molecular weight is 713 g/mol. The van der Waals surface area contributed by atoms with E-state index in [4.69, 9.17) is 14.2 Å². The number of aliphatic hydroxyl groups excluding tert-OH is 1. The van der Waals surface area contributed by atoms with Gasteiger partial charge in [-0.3, -0.25) is 0 Å². The van der Waals surface area contributed by atoms with E-state index in [9.17, 15) is 9.90 Å². The second-order valence-electron chi connectivity index (χ2n) is 14.2. The molecule has 284 valence electrons. The lowest BCUT2D eigenvalue weighted by molar-refractivity contribution is -0.253. The predicted octanol–water partition coefficient (Wildman–Crippen LogP) is 10.8. The highest BCUT2D eigenvalue weighted by Gasteiger charge is 2.33. The van der Waals surface area contributed by atoms with Crippen LogP contribution in [0, 0.1) is 0 Å². The lowest BCUT2D eigenvalue weighted by atomic mass is 9.97. The molecule has 4 rings (SSSR count). The predicted molar refractivity (Wildman–Crippen MR) is 212 cm³/mol. The van der Waals surface area contributed by atoms with Gasteiger partial charge < -0.3 is 29.5 Å². The molecule has 1 heterocycles. The third-order valence-electron chi connectivity index (χ3n) is 10.00. The van der Waals surface area contributed by atoms with Crippen LogP contribution in [-0.2, 0) is 27.4 Å². The monoisotopic (exact) mass is 712 g/mol. The number of benzene rings is 3. The van der Waals surface area contributed by atoms with E-state index < -0.39 is 12.4 Å². The minimum absolute atomic E-state index is 0.0220. The Bertz CT molecular complexity index is 1410. The molecule has 0 spiro atoms. The fourth-order valence-electron chi connectivity index (χ4n) is 6.98. The van der Waals surface area contributed by atoms with E-state index in [1.807, 2.05) is 30.3 Å². The standard InChI is InChI=1S/C45H64N2O5/c1-4-7-9-11-13-17-29-47(30-18-14-12-10-8-5-2)34-41-32-43(38-23-21-36(35-48)22-24-38)52-44(51-41)39-27-25-37(26-28-39)42-20-16-15-19-40(42)33-46-45(49)50-31-6-3/h6,15-16,19-28,41,43-44,48H,3-5,7-14,17-18,29-35H2,1-2H3,(H,46,49)/t41-,43+,44+/m0/s1. The Balaban J connectivity index is 1.49. The molecule has 2 N–H and O–H groups in total. The lowest BCUT2D eigenvalue weighted by Gasteiger charge is -2.38. The fraction of sp³-hybridized carbons (Fsp3) is 0.533. The molecule has 0 bridgehead atoms. The molecule has 3 atom stereocenters. The van der Waals surface area contributed by atoms with E-state index in [1.165, 1.54) is 77.0 Å². The molecule has 0 radical (unpaired) electrons. The summed E-state index contributed by atoms with van der Waals surface area (Å²) >= 11 is 0. The Hall–Kier alpha value is -3.49. The van der Waals surface area contributed by atoms with Crippen molar-refractivity contribution in [2.24, 2.45) is 0 Å². The normalized spacial score (nSPS) is 17.3. The molecular formula is C45H64N2O5. The summed E-state index contributed by atoms with van der Waals surface area (Å²) in [5, 5.41) is 12.5. The van der Waals surface area contributed by atoms with Crippen molar-refractivity contribution in [2.75, 3.05) is 26.2 Å². The van der Waals surface area contributed by atoms with Crippen molar-refractivity contribution < 1.29 is 24.1 Å². The molecule has 0 aliphatic carbocycles. The van der Waals surface area contributed by atoms with Crippen molar-refractivity contribution in [3.05, 3.63) is 108 Å². The first-order valence-corrected chi connectivity index (χ1v) is 20.0. The van der Waals surface area contributed by atoms with Crippen molar-refractivity contribution in [1.29, 1.82) is 0 Å². The molecule has 3 aromatic carbocycles. The highest BCUT2D eigenvalue weighted by molar-refractivity contribution is 5.70. The van der Waals surface area contributed by atoms with Gasteiger partial charge in [0.25, 0.3) is 0 Å². The van der Waals surface area contributed by atoms with Crippen LogP contribution in [0.4, 0.5) is 4.79 Å². The van der Waals surface area contributed by atoms with E-state index in [-0.39, 0.29) is 25.4 Å². The Morgan fingerprint density at radius 1 is 0.827 bits per heavy atom. The van der Waals surface area contributed by atoms with Crippen LogP contribution in [0.15, 0.2) is 85.5 Å². The van der Waals surface area contributed by atoms with Gasteiger partial charge in [0.15, 0.2) is 6.29 Å². The second kappa shape index (κ2) is 23.9. The smallest absolute Gasteiger partial charge is 0.407 e. The van der Waals surface area contributed by atoms with E-state index in [0.717, 1.165) is 59.4 Å². The molecule has 1 aliphatic rings. The Morgan fingerprint density at radius 3 is 2.08 bits per heavy atom. The maximum atomic E-state index is 12.1. The summed E-state index contributed by atoms with van der Waals surface area (Å²) in [6.07, 6.45) is 16.8.